The van der Waals surface area contributed by atoms with Crippen LogP contribution in [-0.4, -0.2) is 52.9 Å². The van der Waals surface area contributed by atoms with Crippen LogP contribution in [0.1, 0.15) is 36.0 Å². The molecule has 29 heavy (non-hydrogen) atoms. The summed E-state index contributed by atoms with van der Waals surface area (Å²) in [5.41, 5.74) is 2.02. The van der Waals surface area contributed by atoms with E-state index in [1.165, 1.54) is 4.88 Å². The molecule has 1 aliphatic carbocycles. The monoisotopic (exact) mass is 413 g/mol. The summed E-state index contributed by atoms with van der Waals surface area (Å²) < 4.78 is 0. The number of fused-ring (bicyclic) bond motifs is 1. The van der Waals surface area contributed by atoms with Crippen molar-refractivity contribution < 1.29 is 9.59 Å². The molecule has 2 aliphatic rings. The second kappa shape index (κ2) is 8.90. The normalized spacial score (nSPS) is 19.0. The van der Waals surface area contributed by atoms with Crippen LogP contribution in [0.5, 0.6) is 0 Å². The summed E-state index contributed by atoms with van der Waals surface area (Å²) in [5, 5.41) is 4.06. The van der Waals surface area contributed by atoms with Crippen molar-refractivity contribution in [3.05, 3.63) is 40.7 Å². The van der Waals surface area contributed by atoms with Crippen LogP contribution in [0.25, 0.3) is 0 Å². The summed E-state index contributed by atoms with van der Waals surface area (Å²) in [4.78, 5) is 39.0. The summed E-state index contributed by atoms with van der Waals surface area (Å²) in [6, 6.07) is 5.72. The van der Waals surface area contributed by atoms with Gasteiger partial charge in [0.2, 0.25) is 11.8 Å². The molecule has 0 radical (unpaired) electrons. The molecule has 1 fully saturated rings. The highest BCUT2D eigenvalue weighted by atomic mass is 32.1. The van der Waals surface area contributed by atoms with Gasteiger partial charge >= 0.3 is 0 Å². The van der Waals surface area contributed by atoms with Crippen LogP contribution in [0.2, 0.25) is 0 Å². The van der Waals surface area contributed by atoms with Crippen LogP contribution in [0.15, 0.2) is 24.4 Å². The first-order chi connectivity index (χ1) is 14.1. The Balaban J connectivity index is 1.33. The predicted octanol–water partition coefficient (Wildman–Crippen LogP) is 2.02. The smallest absolute Gasteiger partial charge is 0.223 e. The van der Waals surface area contributed by atoms with Gasteiger partial charge in [0, 0.05) is 49.6 Å². The quantitative estimate of drug-likeness (QED) is 0.811. The number of nitrogens with zero attached hydrogens (tertiary/aromatic N) is 4. The van der Waals surface area contributed by atoms with Gasteiger partial charge in [0.15, 0.2) is 5.13 Å². The van der Waals surface area contributed by atoms with Crippen molar-refractivity contribution in [1.29, 1.82) is 0 Å². The van der Waals surface area contributed by atoms with E-state index in [1.54, 1.807) is 17.5 Å². The standard InChI is InChI=1S/C21H27N5O2S/c1-2-19(27)25-9-11-26(12-10-25)21-24-17-7-6-15(13-18(17)29-21)20(28)23-14-16-5-3-4-8-22-16/h3-5,8,15H,2,6-7,9-14H2,1H3,(H,23,28)/t15-/m1/s1. The van der Waals surface area contributed by atoms with E-state index in [4.69, 9.17) is 4.98 Å². The zero-order chi connectivity index (χ0) is 20.2. The number of thiazole rings is 1. The number of rotatable bonds is 5. The number of aryl methyl sites for hydroxylation is 1. The molecule has 0 spiro atoms. The van der Waals surface area contributed by atoms with Gasteiger partial charge in [-0.15, -0.1) is 11.3 Å². The topological polar surface area (TPSA) is 78.4 Å². The van der Waals surface area contributed by atoms with Crippen LogP contribution < -0.4 is 10.2 Å². The Morgan fingerprint density at radius 2 is 2.07 bits per heavy atom. The number of pyridine rings is 1. The Morgan fingerprint density at radius 3 is 2.79 bits per heavy atom. The molecule has 0 bridgehead atoms. The molecule has 3 heterocycles. The van der Waals surface area contributed by atoms with Gasteiger partial charge in [-0.3, -0.25) is 14.6 Å². The number of aromatic nitrogens is 2. The van der Waals surface area contributed by atoms with Crippen molar-refractivity contribution >= 4 is 28.3 Å². The van der Waals surface area contributed by atoms with Crippen molar-refractivity contribution in [2.24, 2.45) is 5.92 Å². The number of carbonyl (C=O) groups excluding carboxylic acids is 2. The molecule has 2 amide bonds. The number of hydrogen-bond acceptors (Lipinski definition) is 6. The van der Waals surface area contributed by atoms with E-state index in [1.807, 2.05) is 30.0 Å². The average molecular weight is 414 g/mol. The maximum absolute atomic E-state index is 12.6. The number of nitrogens with one attached hydrogen (secondary N) is 1. The molecule has 2 aromatic rings. The maximum Gasteiger partial charge on any atom is 0.223 e. The third-order valence-electron chi connectivity index (χ3n) is 5.67. The molecule has 154 valence electrons. The summed E-state index contributed by atoms with van der Waals surface area (Å²) >= 11 is 1.71. The second-order valence-electron chi connectivity index (χ2n) is 7.57. The molecule has 0 saturated carbocycles. The van der Waals surface area contributed by atoms with Gasteiger partial charge in [-0.25, -0.2) is 4.98 Å². The third kappa shape index (κ3) is 4.58. The summed E-state index contributed by atoms with van der Waals surface area (Å²) in [6.45, 7) is 5.55. The molecular formula is C21H27N5O2S. The first-order valence-corrected chi connectivity index (χ1v) is 11.1. The van der Waals surface area contributed by atoms with Crippen LogP contribution in [0.4, 0.5) is 5.13 Å². The summed E-state index contributed by atoms with van der Waals surface area (Å²) in [6.07, 6.45) is 4.75. The molecule has 1 atom stereocenters. The molecule has 1 aliphatic heterocycles. The van der Waals surface area contributed by atoms with Crippen molar-refractivity contribution in [1.82, 2.24) is 20.2 Å². The van der Waals surface area contributed by atoms with Gasteiger partial charge in [-0.05, 0) is 31.4 Å². The fourth-order valence-corrected chi connectivity index (χ4v) is 5.15. The van der Waals surface area contributed by atoms with E-state index in [9.17, 15) is 9.59 Å². The average Bonchev–Trinajstić information content (AvgIpc) is 3.21. The molecular weight excluding hydrogens is 386 g/mol. The van der Waals surface area contributed by atoms with E-state index in [0.717, 1.165) is 62.0 Å². The molecule has 0 aromatic carbocycles. The number of hydrogen-bond donors (Lipinski definition) is 1. The second-order valence-corrected chi connectivity index (χ2v) is 8.63. The molecule has 8 heteroatoms. The van der Waals surface area contributed by atoms with Crippen molar-refractivity contribution in [3.63, 3.8) is 0 Å². The van der Waals surface area contributed by atoms with E-state index < -0.39 is 0 Å². The van der Waals surface area contributed by atoms with Gasteiger partial charge in [0.1, 0.15) is 0 Å². The zero-order valence-corrected chi connectivity index (χ0v) is 17.6. The number of amides is 2. The highest BCUT2D eigenvalue weighted by molar-refractivity contribution is 7.15. The van der Waals surface area contributed by atoms with Crippen molar-refractivity contribution in [3.8, 4) is 0 Å². The largest absolute Gasteiger partial charge is 0.350 e. The van der Waals surface area contributed by atoms with E-state index in [2.05, 4.69) is 15.2 Å². The Labute approximate surface area is 175 Å². The minimum atomic E-state index is -0.00136. The number of carbonyl (C=O) groups is 2. The summed E-state index contributed by atoms with van der Waals surface area (Å²) in [7, 11) is 0. The zero-order valence-electron chi connectivity index (χ0n) is 16.8. The first kappa shape index (κ1) is 19.8. The third-order valence-corrected chi connectivity index (χ3v) is 6.86. The lowest BCUT2D eigenvalue weighted by molar-refractivity contribution is -0.131. The molecule has 1 N–H and O–H groups in total. The van der Waals surface area contributed by atoms with Gasteiger partial charge < -0.3 is 15.1 Å². The summed E-state index contributed by atoms with van der Waals surface area (Å²) in [5.74, 6) is 0.323. The Hall–Kier alpha value is -2.48. The highest BCUT2D eigenvalue weighted by Crippen LogP contribution is 2.34. The van der Waals surface area contributed by atoms with Gasteiger partial charge in [-0.1, -0.05) is 13.0 Å². The Kier molecular flexibility index (Phi) is 6.08. The molecule has 1 saturated heterocycles. The lowest BCUT2D eigenvalue weighted by atomic mass is 9.90. The minimum Gasteiger partial charge on any atom is -0.350 e. The fraction of sp³-hybridized carbons (Fsp3) is 0.524. The van der Waals surface area contributed by atoms with E-state index in [-0.39, 0.29) is 17.7 Å². The number of anilines is 1. The minimum absolute atomic E-state index is 0.00136. The van der Waals surface area contributed by atoms with Crippen molar-refractivity contribution in [2.75, 3.05) is 31.1 Å². The SMILES string of the molecule is CCC(=O)N1CCN(c2nc3c(s2)C[C@H](C(=O)NCc2ccccn2)CC3)CC1. The first-order valence-electron chi connectivity index (χ1n) is 10.3. The highest BCUT2D eigenvalue weighted by Gasteiger charge is 2.29. The molecule has 4 rings (SSSR count). The Bertz CT molecular complexity index is 861. The van der Waals surface area contributed by atoms with Crippen LogP contribution >= 0.6 is 11.3 Å². The van der Waals surface area contributed by atoms with Gasteiger partial charge in [0.05, 0.1) is 17.9 Å². The fourth-order valence-electron chi connectivity index (χ4n) is 3.92. The van der Waals surface area contributed by atoms with Crippen LogP contribution in [0, 0.1) is 5.92 Å². The molecule has 7 nitrogen and oxygen atoms in total. The van der Waals surface area contributed by atoms with Crippen LogP contribution in [0.3, 0.4) is 0 Å². The van der Waals surface area contributed by atoms with E-state index >= 15 is 0 Å². The molecule has 0 unspecified atom stereocenters. The van der Waals surface area contributed by atoms with Gasteiger partial charge in [0.25, 0.3) is 0 Å². The lowest BCUT2D eigenvalue weighted by Crippen LogP contribution is -2.48. The maximum atomic E-state index is 12.6. The lowest BCUT2D eigenvalue weighted by Gasteiger charge is -2.34. The van der Waals surface area contributed by atoms with E-state index in [0.29, 0.717) is 13.0 Å². The van der Waals surface area contributed by atoms with Crippen molar-refractivity contribution in [2.45, 2.75) is 39.2 Å². The van der Waals surface area contributed by atoms with Crippen LogP contribution in [-0.2, 0) is 29.0 Å². The predicted molar refractivity (Wildman–Crippen MR) is 113 cm³/mol. The number of piperazine rings is 1. The Morgan fingerprint density at radius 1 is 1.24 bits per heavy atom. The van der Waals surface area contributed by atoms with Gasteiger partial charge in [-0.2, -0.15) is 0 Å². The molecule has 2 aromatic heterocycles.